The summed E-state index contributed by atoms with van der Waals surface area (Å²) in [5.74, 6) is -0.0272. The summed E-state index contributed by atoms with van der Waals surface area (Å²) in [6.45, 7) is 1.86. The molecule has 0 unspecified atom stereocenters. The molecule has 1 amide bonds. The Morgan fingerprint density at radius 1 is 1.33 bits per heavy atom. The summed E-state index contributed by atoms with van der Waals surface area (Å²) in [6.07, 6.45) is 1.79. The van der Waals surface area contributed by atoms with Crippen LogP contribution in [0.4, 0.5) is 5.69 Å². The van der Waals surface area contributed by atoms with E-state index in [-0.39, 0.29) is 18.1 Å². The second kappa shape index (κ2) is 5.31. The van der Waals surface area contributed by atoms with Crippen LogP contribution in [0.5, 0.6) is 5.75 Å². The van der Waals surface area contributed by atoms with Crippen molar-refractivity contribution in [1.82, 2.24) is 4.98 Å². The highest BCUT2D eigenvalue weighted by atomic mass is 16.3. The van der Waals surface area contributed by atoms with Crippen molar-refractivity contribution in [2.45, 2.75) is 13.3 Å². The fraction of sp³-hybridized carbons (Fsp3) is 0.143. The van der Waals surface area contributed by atoms with Crippen molar-refractivity contribution in [3.8, 4) is 5.75 Å². The van der Waals surface area contributed by atoms with Gasteiger partial charge in [0.05, 0.1) is 6.42 Å². The number of aromatic nitrogens is 1. The van der Waals surface area contributed by atoms with Gasteiger partial charge in [0.1, 0.15) is 5.75 Å². The number of carbonyl (C=O) groups excluding carboxylic acids is 1. The molecule has 1 aromatic heterocycles. The summed E-state index contributed by atoms with van der Waals surface area (Å²) in [7, 11) is 0. The normalized spacial score (nSPS) is 10.1. The Hall–Kier alpha value is -2.36. The molecule has 0 atom stereocenters. The third-order valence-corrected chi connectivity index (χ3v) is 2.52. The summed E-state index contributed by atoms with van der Waals surface area (Å²) < 4.78 is 0. The number of anilines is 1. The number of hydrogen-bond acceptors (Lipinski definition) is 3. The third-order valence-electron chi connectivity index (χ3n) is 2.52. The first kappa shape index (κ1) is 12.1. The molecule has 0 aliphatic heterocycles. The molecule has 18 heavy (non-hydrogen) atoms. The molecular formula is C14H14N2O2. The van der Waals surface area contributed by atoms with Crippen molar-refractivity contribution in [2.24, 2.45) is 0 Å². The summed E-state index contributed by atoms with van der Waals surface area (Å²) in [4.78, 5) is 15.9. The molecule has 1 aromatic carbocycles. The van der Waals surface area contributed by atoms with Crippen LogP contribution in [0.3, 0.4) is 0 Å². The van der Waals surface area contributed by atoms with Crippen LogP contribution in [0.2, 0.25) is 0 Å². The second-order valence-electron chi connectivity index (χ2n) is 4.04. The molecule has 0 aliphatic rings. The fourth-order valence-corrected chi connectivity index (χ4v) is 1.66. The average molecular weight is 242 g/mol. The number of benzene rings is 1. The number of pyridine rings is 1. The van der Waals surface area contributed by atoms with E-state index in [1.54, 1.807) is 42.6 Å². The van der Waals surface area contributed by atoms with Crippen LogP contribution in [0, 0.1) is 6.92 Å². The number of hydrogen-bond donors (Lipinski definition) is 2. The molecule has 2 N–H and O–H groups in total. The van der Waals surface area contributed by atoms with E-state index >= 15 is 0 Å². The molecular weight excluding hydrogens is 228 g/mol. The van der Waals surface area contributed by atoms with Gasteiger partial charge in [-0.2, -0.15) is 0 Å². The minimum Gasteiger partial charge on any atom is -0.508 e. The van der Waals surface area contributed by atoms with Gasteiger partial charge in [-0.05, 0) is 25.1 Å². The first-order valence-corrected chi connectivity index (χ1v) is 5.64. The smallest absolute Gasteiger partial charge is 0.228 e. The van der Waals surface area contributed by atoms with Gasteiger partial charge < -0.3 is 10.4 Å². The molecule has 0 bridgehead atoms. The second-order valence-corrected chi connectivity index (χ2v) is 4.04. The predicted molar refractivity (Wildman–Crippen MR) is 69.4 cm³/mol. The molecule has 4 nitrogen and oxygen atoms in total. The lowest BCUT2D eigenvalue weighted by atomic mass is 10.1. The minimum absolute atomic E-state index is 0.138. The van der Waals surface area contributed by atoms with Crippen molar-refractivity contribution in [1.29, 1.82) is 0 Å². The van der Waals surface area contributed by atoms with Gasteiger partial charge in [-0.25, -0.2) is 0 Å². The Morgan fingerprint density at radius 2 is 2.11 bits per heavy atom. The number of aromatic hydroxyl groups is 1. The first-order valence-electron chi connectivity index (χ1n) is 5.64. The lowest BCUT2D eigenvalue weighted by molar-refractivity contribution is -0.115. The van der Waals surface area contributed by atoms with Gasteiger partial charge in [-0.3, -0.25) is 9.78 Å². The number of phenolic OH excluding ortho intramolecular Hbond substituents is 1. The van der Waals surface area contributed by atoms with Gasteiger partial charge in [0.2, 0.25) is 5.91 Å². The van der Waals surface area contributed by atoms with Gasteiger partial charge in [-0.15, -0.1) is 0 Å². The van der Waals surface area contributed by atoms with Crippen molar-refractivity contribution in [3.63, 3.8) is 0 Å². The highest BCUT2D eigenvalue weighted by Gasteiger charge is 2.07. The molecule has 0 fully saturated rings. The van der Waals surface area contributed by atoms with Crippen LogP contribution in [0.15, 0.2) is 42.6 Å². The van der Waals surface area contributed by atoms with E-state index < -0.39 is 0 Å². The maximum atomic E-state index is 11.8. The van der Waals surface area contributed by atoms with Gasteiger partial charge >= 0.3 is 0 Å². The summed E-state index contributed by atoms with van der Waals surface area (Å²) in [5.41, 5.74) is 2.17. The summed E-state index contributed by atoms with van der Waals surface area (Å²) in [6, 6.07) is 10.3. The highest BCUT2D eigenvalue weighted by Crippen LogP contribution is 2.17. The quantitative estimate of drug-likeness (QED) is 0.868. The van der Waals surface area contributed by atoms with Crippen molar-refractivity contribution < 1.29 is 9.90 Å². The molecule has 0 radical (unpaired) electrons. The van der Waals surface area contributed by atoms with E-state index in [9.17, 15) is 9.90 Å². The molecule has 0 saturated carbocycles. The Kier molecular flexibility index (Phi) is 3.57. The molecule has 1 heterocycles. The number of nitrogens with one attached hydrogen (secondary N) is 1. The Balaban J connectivity index is 2.03. The van der Waals surface area contributed by atoms with Crippen LogP contribution < -0.4 is 5.32 Å². The zero-order valence-corrected chi connectivity index (χ0v) is 10.1. The van der Waals surface area contributed by atoms with E-state index in [0.29, 0.717) is 11.3 Å². The zero-order valence-electron chi connectivity index (χ0n) is 10.1. The lowest BCUT2D eigenvalue weighted by Gasteiger charge is -2.06. The van der Waals surface area contributed by atoms with E-state index in [2.05, 4.69) is 10.3 Å². The maximum absolute atomic E-state index is 11.8. The molecule has 2 rings (SSSR count). The number of phenols is 1. The maximum Gasteiger partial charge on any atom is 0.228 e. The minimum atomic E-state index is -0.165. The van der Waals surface area contributed by atoms with Crippen molar-refractivity contribution in [3.05, 3.63) is 53.9 Å². The van der Waals surface area contributed by atoms with E-state index in [0.717, 1.165) is 5.69 Å². The number of carbonyl (C=O) groups is 1. The Labute approximate surface area is 105 Å². The van der Waals surface area contributed by atoms with E-state index in [1.807, 2.05) is 6.92 Å². The van der Waals surface area contributed by atoms with Gasteiger partial charge in [0.15, 0.2) is 0 Å². The van der Waals surface area contributed by atoms with Crippen LogP contribution in [0.1, 0.15) is 11.3 Å². The first-order chi connectivity index (χ1) is 8.65. The average Bonchev–Trinajstić information content (AvgIpc) is 2.32. The topological polar surface area (TPSA) is 62.2 Å². The number of amides is 1. The van der Waals surface area contributed by atoms with E-state index in [4.69, 9.17) is 0 Å². The number of para-hydroxylation sites is 1. The molecule has 0 saturated heterocycles. The van der Waals surface area contributed by atoms with Crippen LogP contribution in [-0.2, 0) is 11.2 Å². The van der Waals surface area contributed by atoms with Gasteiger partial charge in [0, 0.05) is 23.1 Å². The largest absolute Gasteiger partial charge is 0.508 e. The van der Waals surface area contributed by atoms with Crippen molar-refractivity contribution in [2.75, 3.05) is 5.32 Å². The molecule has 4 heteroatoms. The monoisotopic (exact) mass is 242 g/mol. The molecule has 0 spiro atoms. The SMILES string of the molecule is Cc1cc(NC(=O)Cc2ccccc2O)ccn1. The summed E-state index contributed by atoms with van der Waals surface area (Å²) in [5, 5.41) is 12.3. The molecule has 2 aromatic rings. The Bertz CT molecular complexity index is 567. The predicted octanol–water partition coefficient (Wildman–Crippen LogP) is 2.28. The van der Waals surface area contributed by atoms with E-state index in [1.165, 1.54) is 0 Å². The fourth-order valence-electron chi connectivity index (χ4n) is 1.66. The van der Waals surface area contributed by atoms with Crippen LogP contribution >= 0.6 is 0 Å². The number of nitrogens with zero attached hydrogens (tertiary/aromatic N) is 1. The van der Waals surface area contributed by atoms with Gasteiger partial charge in [0.25, 0.3) is 0 Å². The zero-order chi connectivity index (χ0) is 13.0. The standard InChI is InChI=1S/C14H14N2O2/c1-10-8-12(6-7-15-10)16-14(18)9-11-4-2-3-5-13(11)17/h2-8,17H,9H2,1H3,(H,15,16,18). The lowest BCUT2D eigenvalue weighted by Crippen LogP contribution is -2.14. The Morgan fingerprint density at radius 3 is 2.83 bits per heavy atom. The van der Waals surface area contributed by atoms with Crippen LogP contribution in [-0.4, -0.2) is 16.0 Å². The molecule has 92 valence electrons. The van der Waals surface area contributed by atoms with Gasteiger partial charge in [-0.1, -0.05) is 18.2 Å². The van der Waals surface area contributed by atoms with Crippen LogP contribution in [0.25, 0.3) is 0 Å². The molecule has 0 aliphatic carbocycles. The van der Waals surface area contributed by atoms with Crippen molar-refractivity contribution >= 4 is 11.6 Å². The number of rotatable bonds is 3. The highest BCUT2D eigenvalue weighted by molar-refractivity contribution is 5.92. The number of aryl methyl sites for hydroxylation is 1. The summed E-state index contributed by atoms with van der Waals surface area (Å²) >= 11 is 0. The third kappa shape index (κ3) is 3.07.